The molecule has 0 aliphatic carbocycles. The molecule has 45 heavy (non-hydrogen) atoms. The first-order valence-electron chi connectivity index (χ1n) is 15.4. The summed E-state index contributed by atoms with van der Waals surface area (Å²) in [5.74, 6) is 1.76. The molecule has 0 spiro atoms. The van der Waals surface area contributed by atoms with Crippen molar-refractivity contribution in [1.82, 2.24) is 4.57 Å². The fourth-order valence-corrected chi connectivity index (χ4v) is 7.47. The van der Waals surface area contributed by atoms with Gasteiger partial charge in [-0.05, 0) is 53.1 Å². The summed E-state index contributed by atoms with van der Waals surface area (Å²) in [6.45, 7) is 0. The van der Waals surface area contributed by atoms with E-state index in [4.69, 9.17) is 4.74 Å². The Morgan fingerprint density at radius 1 is 0.444 bits per heavy atom. The smallest absolute Gasteiger partial charge is 0.132 e. The highest BCUT2D eigenvalue weighted by atomic mass is 16.5. The molecule has 2 heteroatoms. The van der Waals surface area contributed by atoms with Gasteiger partial charge in [-0.25, -0.2) is 0 Å². The van der Waals surface area contributed by atoms with Crippen LogP contribution in [0.3, 0.4) is 0 Å². The molecule has 0 unspecified atom stereocenters. The summed E-state index contributed by atoms with van der Waals surface area (Å²) < 4.78 is 9.10. The van der Waals surface area contributed by atoms with Crippen molar-refractivity contribution in [2.24, 2.45) is 0 Å². The maximum absolute atomic E-state index is 6.69. The molecule has 1 aliphatic rings. The molecule has 7 aromatic carbocycles. The second-order valence-corrected chi connectivity index (χ2v) is 11.7. The maximum Gasteiger partial charge on any atom is 0.132 e. The van der Waals surface area contributed by atoms with Gasteiger partial charge in [0.25, 0.3) is 0 Å². The zero-order valence-electron chi connectivity index (χ0n) is 24.6. The van der Waals surface area contributed by atoms with E-state index in [0.717, 1.165) is 33.9 Å². The monoisotopic (exact) mass is 575 g/mol. The highest BCUT2D eigenvalue weighted by Crippen LogP contribution is 2.56. The normalized spacial score (nSPS) is 13.2. The van der Waals surface area contributed by atoms with Gasteiger partial charge in [0.1, 0.15) is 11.5 Å². The summed E-state index contributed by atoms with van der Waals surface area (Å²) in [7, 11) is 0. The quantitative estimate of drug-likeness (QED) is 0.204. The Balaban J connectivity index is 1.39. The van der Waals surface area contributed by atoms with E-state index in [1.54, 1.807) is 0 Å². The third-order valence-corrected chi connectivity index (χ3v) is 9.33. The van der Waals surface area contributed by atoms with Crippen molar-refractivity contribution < 1.29 is 4.74 Å². The van der Waals surface area contributed by atoms with Crippen LogP contribution in [-0.2, 0) is 5.41 Å². The van der Waals surface area contributed by atoms with E-state index in [2.05, 4.69) is 180 Å². The molecule has 9 rings (SSSR count). The van der Waals surface area contributed by atoms with E-state index in [0.29, 0.717) is 0 Å². The van der Waals surface area contributed by atoms with Crippen LogP contribution in [0.4, 0.5) is 0 Å². The number of ether oxygens (including phenoxy) is 1. The van der Waals surface area contributed by atoms with Gasteiger partial charge in [-0.3, -0.25) is 0 Å². The van der Waals surface area contributed by atoms with Crippen LogP contribution in [0.15, 0.2) is 176 Å². The minimum atomic E-state index is -0.567. The lowest BCUT2D eigenvalue weighted by molar-refractivity contribution is 0.434. The number of benzene rings is 7. The van der Waals surface area contributed by atoms with Crippen molar-refractivity contribution in [3.05, 3.63) is 198 Å². The van der Waals surface area contributed by atoms with Gasteiger partial charge in [-0.15, -0.1) is 0 Å². The first-order chi connectivity index (χ1) is 22.3. The average molecular weight is 576 g/mol. The minimum absolute atomic E-state index is 0.567. The molecule has 2 nitrogen and oxygen atoms in total. The molecule has 0 fully saturated rings. The van der Waals surface area contributed by atoms with Crippen LogP contribution in [0.25, 0.3) is 38.6 Å². The molecular weight excluding hydrogens is 546 g/mol. The zero-order valence-corrected chi connectivity index (χ0v) is 24.6. The van der Waals surface area contributed by atoms with Gasteiger partial charge in [0.2, 0.25) is 0 Å². The third kappa shape index (κ3) is 3.76. The lowest BCUT2D eigenvalue weighted by Gasteiger charge is -2.41. The molecule has 0 saturated carbocycles. The third-order valence-electron chi connectivity index (χ3n) is 9.33. The summed E-state index contributed by atoms with van der Waals surface area (Å²) in [5, 5.41) is 2.49. The Morgan fingerprint density at radius 3 is 1.80 bits per heavy atom. The summed E-state index contributed by atoms with van der Waals surface area (Å²) in [4.78, 5) is 0. The lowest BCUT2D eigenvalue weighted by atomic mass is 9.63. The van der Waals surface area contributed by atoms with E-state index < -0.39 is 5.41 Å². The minimum Gasteiger partial charge on any atom is -0.457 e. The van der Waals surface area contributed by atoms with Crippen molar-refractivity contribution in [2.45, 2.75) is 5.41 Å². The van der Waals surface area contributed by atoms with E-state index in [9.17, 15) is 0 Å². The van der Waals surface area contributed by atoms with E-state index in [1.807, 2.05) is 0 Å². The molecule has 2 heterocycles. The number of para-hydroxylation sites is 4. The Bertz CT molecular complexity index is 2300. The fraction of sp³-hybridized carbons (Fsp3) is 0.0233. The van der Waals surface area contributed by atoms with E-state index in [-0.39, 0.29) is 0 Å². The average Bonchev–Trinajstić information content (AvgIpc) is 3.46. The van der Waals surface area contributed by atoms with E-state index in [1.165, 1.54) is 38.5 Å². The molecular formula is C43H29NO. The SMILES string of the molecule is c1ccc(-n2c3ccccc3c3cccc(-c4ccc5c(c4)C(c4ccccc4)(c4ccccc4)c4ccccc4O5)c32)cc1. The van der Waals surface area contributed by atoms with Gasteiger partial charge in [-0.2, -0.15) is 0 Å². The second kappa shape index (κ2) is 10.1. The summed E-state index contributed by atoms with van der Waals surface area (Å²) >= 11 is 0. The molecule has 0 bridgehead atoms. The van der Waals surface area contributed by atoms with E-state index >= 15 is 0 Å². The van der Waals surface area contributed by atoms with Crippen molar-refractivity contribution in [1.29, 1.82) is 0 Å². The molecule has 0 N–H and O–H groups in total. The first-order valence-corrected chi connectivity index (χ1v) is 15.4. The topological polar surface area (TPSA) is 14.2 Å². The van der Waals surface area contributed by atoms with Gasteiger partial charge < -0.3 is 9.30 Å². The van der Waals surface area contributed by atoms with Gasteiger partial charge in [0.05, 0.1) is 16.4 Å². The highest BCUT2D eigenvalue weighted by molar-refractivity contribution is 6.13. The molecule has 1 aliphatic heterocycles. The van der Waals surface area contributed by atoms with Gasteiger partial charge >= 0.3 is 0 Å². The summed E-state index contributed by atoms with van der Waals surface area (Å²) in [6, 6.07) is 63.1. The lowest BCUT2D eigenvalue weighted by Crippen LogP contribution is -2.34. The molecule has 0 amide bonds. The summed E-state index contributed by atoms with van der Waals surface area (Å²) in [5.41, 5.74) is 10.0. The van der Waals surface area contributed by atoms with Crippen molar-refractivity contribution in [3.8, 4) is 28.3 Å². The molecule has 0 radical (unpaired) electrons. The zero-order chi connectivity index (χ0) is 29.8. The standard InChI is InChI=1S/C43H29NO/c1-4-15-31(16-5-1)43(32-17-6-2-7-18-32)37-24-11-13-26-40(37)45-41-28-27-30(29-38(41)43)34-22-14-23-36-35-21-10-12-25-39(35)44(42(34)36)33-19-8-3-9-20-33/h1-29H. The van der Waals surface area contributed by atoms with Gasteiger partial charge in [0.15, 0.2) is 0 Å². The second-order valence-electron chi connectivity index (χ2n) is 11.7. The fourth-order valence-electron chi connectivity index (χ4n) is 7.47. The molecule has 0 saturated heterocycles. The number of nitrogens with zero attached hydrogens (tertiary/aromatic N) is 1. The van der Waals surface area contributed by atoms with Crippen molar-refractivity contribution in [2.75, 3.05) is 0 Å². The van der Waals surface area contributed by atoms with Crippen molar-refractivity contribution in [3.63, 3.8) is 0 Å². The number of hydrogen-bond acceptors (Lipinski definition) is 1. The Hall–Kier alpha value is -5.86. The number of hydrogen-bond donors (Lipinski definition) is 0. The van der Waals surface area contributed by atoms with Crippen LogP contribution in [0.1, 0.15) is 22.3 Å². The molecule has 0 atom stereocenters. The van der Waals surface area contributed by atoms with Crippen LogP contribution in [0, 0.1) is 0 Å². The Morgan fingerprint density at radius 2 is 1.04 bits per heavy atom. The van der Waals surface area contributed by atoms with Crippen LogP contribution in [0.2, 0.25) is 0 Å². The largest absolute Gasteiger partial charge is 0.457 e. The Kier molecular flexibility index (Phi) is 5.76. The molecule has 212 valence electrons. The van der Waals surface area contributed by atoms with Crippen LogP contribution in [-0.4, -0.2) is 4.57 Å². The van der Waals surface area contributed by atoms with Crippen LogP contribution >= 0.6 is 0 Å². The predicted octanol–water partition coefficient (Wildman–Crippen LogP) is 10.9. The Labute approximate surface area is 262 Å². The number of aromatic nitrogens is 1. The van der Waals surface area contributed by atoms with Gasteiger partial charge in [0, 0.05) is 33.2 Å². The van der Waals surface area contributed by atoms with Crippen LogP contribution < -0.4 is 4.74 Å². The highest BCUT2D eigenvalue weighted by Gasteiger charge is 2.45. The molecule has 1 aromatic heterocycles. The summed E-state index contributed by atoms with van der Waals surface area (Å²) in [6.07, 6.45) is 0. The number of fused-ring (bicyclic) bond motifs is 5. The van der Waals surface area contributed by atoms with Crippen LogP contribution in [0.5, 0.6) is 11.5 Å². The predicted molar refractivity (Wildman–Crippen MR) is 185 cm³/mol. The van der Waals surface area contributed by atoms with Gasteiger partial charge in [-0.1, -0.05) is 140 Å². The maximum atomic E-state index is 6.69. The number of rotatable bonds is 4. The first kappa shape index (κ1) is 25.6. The molecule has 8 aromatic rings. The van der Waals surface area contributed by atoms with Crippen molar-refractivity contribution >= 4 is 21.8 Å².